The predicted molar refractivity (Wildman–Crippen MR) is 140 cm³/mol. The Morgan fingerprint density at radius 2 is 1.28 bits per heavy atom. The molecule has 0 radical (unpaired) electrons. The second-order valence-corrected chi connectivity index (χ2v) is 9.70. The van der Waals surface area contributed by atoms with E-state index in [4.69, 9.17) is 4.98 Å². The Kier molecular flexibility index (Phi) is 3.97. The van der Waals surface area contributed by atoms with Crippen LogP contribution in [0.4, 0.5) is 17.1 Å². The molecule has 0 spiro atoms. The minimum absolute atomic E-state index is 0.0487. The molecule has 0 amide bonds. The zero-order chi connectivity index (χ0) is 24.6. The van der Waals surface area contributed by atoms with Gasteiger partial charge in [0.2, 0.25) is 0 Å². The number of anilines is 3. The van der Waals surface area contributed by atoms with Gasteiger partial charge in [0.15, 0.2) is 11.4 Å². The molecule has 0 bridgehead atoms. The van der Waals surface area contributed by atoms with Crippen molar-refractivity contribution in [2.24, 2.45) is 0 Å². The fourth-order valence-electron chi connectivity index (χ4n) is 5.87. The third-order valence-corrected chi connectivity index (χ3v) is 7.50. The molecule has 4 aromatic carbocycles. The summed E-state index contributed by atoms with van der Waals surface area (Å²) in [4.78, 5) is 11.6. The topological polar surface area (TPSA) is 76.6 Å². The van der Waals surface area contributed by atoms with E-state index in [-0.39, 0.29) is 16.8 Å². The molecule has 5 nitrogen and oxygen atoms in total. The van der Waals surface area contributed by atoms with Crippen LogP contribution in [-0.4, -0.2) is 9.97 Å². The molecule has 2 heterocycles. The van der Waals surface area contributed by atoms with Crippen LogP contribution in [0.5, 0.6) is 0 Å². The quantitative estimate of drug-likeness (QED) is 0.260. The molecule has 7 rings (SSSR count). The molecule has 0 atom stereocenters. The van der Waals surface area contributed by atoms with Crippen molar-refractivity contribution in [3.05, 3.63) is 101 Å². The highest BCUT2D eigenvalue weighted by Crippen LogP contribution is 2.56. The number of hydrogen-bond donors (Lipinski definition) is 0. The van der Waals surface area contributed by atoms with Crippen LogP contribution >= 0.6 is 0 Å². The predicted octanol–water partition coefficient (Wildman–Crippen LogP) is 7.13. The second kappa shape index (κ2) is 7.01. The average molecular weight is 462 g/mol. The van der Waals surface area contributed by atoms with Gasteiger partial charge in [-0.3, -0.25) is 0 Å². The highest BCUT2D eigenvalue weighted by molar-refractivity contribution is 6.18. The number of rotatable bonds is 1. The van der Waals surface area contributed by atoms with Crippen molar-refractivity contribution in [2.45, 2.75) is 19.3 Å². The average Bonchev–Trinajstić information content (AvgIpc) is 3.24. The van der Waals surface area contributed by atoms with Crippen molar-refractivity contribution >= 4 is 27.8 Å². The van der Waals surface area contributed by atoms with E-state index in [1.807, 2.05) is 18.2 Å². The van der Waals surface area contributed by atoms with Gasteiger partial charge in [-0.15, -0.1) is 0 Å². The highest BCUT2D eigenvalue weighted by atomic mass is 15.2. The maximum absolute atomic E-state index is 9.71. The third-order valence-electron chi connectivity index (χ3n) is 7.50. The van der Waals surface area contributed by atoms with Gasteiger partial charge in [0, 0.05) is 21.9 Å². The molecule has 1 aliphatic carbocycles. The minimum Gasteiger partial charge on any atom is -0.309 e. The second-order valence-electron chi connectivity index (χ2n) is 9.70. The number of aromatic nitrogens is 2. The Bertz CT molecular complexity index is 1800. The van der Waals surface area contributed by atoms with E-state index in [1.54, 1.807) is 0 Å². The summed E-state index contributed by atoms with van der Waals surface area (Å²) in [5.74, 6) is 0. The van der Waals surface area contributed by atoms with Crippen LogP contribution in [0.25, 0.3) is 33.3 Å². The van der Waals surface area contributed by atoms with E-state index >= 15 is 0 Å². The van der Waals surface area contributed by atoms with Crippen LogP contribution in [0.2, 0.25) is 0 Å². The van der Waals surface area contributed by atoms with E-state index in [9.17, 15) is 10.5 Å². The van der Waals surface area contributed by atoms with E-state index in [1.165, 1.54) is 11.1 Å². The summed E-state index contributed by atoms with van der Waals surface area (Å²) in [6, 6.07) is 31.5. The first kappa shape index (κ1) is 20.4. The maximum atomic E-state index is 9.71. The first-order valence-corrected chi connectivity index (χ1v) is 11.8. The molecule has 36 heavy (non-hydrogen) atoms. The lowest BCUT2D eigenvalue weighted by molar-refractivity contribution is 0.632. The van der Waals surface area contributed by atoms with Crippen molar-refractivity contribution in [1.29, 1.82) is 10.5 Å². The van der Waals surface area contributed by atoms with Crippen molar-refractivity contribution < 1.29 is 0 Å². The van der Waals surface area contributed by atoms with Crippen LogP contribution in [0.1, 0.15) is 36.4 Å². The molecule has 2 aliphatic rings. The smallest absolute Gasteiger partial charge is 0.177 e. The van der Waals surface area contributed by atoms with Gasteiger partial charge >= 0.3 is 0 Å². The molecule has 5 heteroatoms. The Hall–Kier alpha value is -5.00. The van der Waals surface area contributed by atoms with Crippen LogP contribution in [0.15, 0.2) is 78.9 Å². The number of para-hydroxylation sites is 2. The zero-order valence-electron chi connectivity index (χ0n) is 19.7. The molecule has 168 valence electrons. The molecule has 1 aliphatic heterocycles. The Balaban J connectivity index is 1.62. The van der Waals surface area contributed by atoms with E-state index in [0.29, 0.717) is 11.4 Å². The van der Waals surface area contributed by atoms with Gasteiger partial charge in [-0.2, -0.15) is 10.5 Å². The summed E-state index contributed by atoms with van der Waals surface area (Å²) in [6.07, 6.45) is 0. The summed E-state index contributed by atoms with van der Waals surface area (Å²) in [5.41, 5.74) is 8.80. The largest absolute Gasteiger partial charge is 0.309 e. The number of nitriles is 2. The Labute approximate surface area is 208 Å². The molecule has 5 aromatic rings. The fraction of sp³-hybridized carbons (Fsp3) is 0.0968. The fourth-order valence-corrected chi connectivity index (χ4v) is 5.87. The van der Waals surface area contributed by atoms with Gasteiger partial charge in [0.1, 0.15) is 17.8 Å². The molecule has 0 N–H and O–H groups in total. The van der Waals surface area contributed by atoms with Crippen LogP contribution in [0.3, 0.4) is 0 Å². The van der Waals surface area contributed by atoms with E-state index in [0.717, 1.165) is 39.0 Å². The normalized spacial score (nSPS) is 13.9. The lowest BCUT2D eigenvalue weighted by Gasteiger charge is -2.42. The van der Waals surface area contributed by atoms with Gasteiger partial charge in [0.25, 0.3) is 0 Å². The molecule has 1 aromatic heterocycles. The zero-order valence-corrected chi connectivity index (χ0v) is 19.7. The number of benzene rings is 4. The van der Waals surface area contributed by atoms with Gasteiger partial charge in [-0.25, -0.2) is 9.97 Å². The number of nitrogens with zero attached hydrogens (tertiary/aromatic N) is 5. The van der Waals surface area contributed by atoms with Crippen molar-refractivity contribution in [2.75, 3.05) is 4.90 Å². The Morgan fingerprint density at radius 3 is 1.92 bits per heavy atom. The summed E-state index contributed by atoms with van der Waals surface area (Å²) in [6.45, 7) is 4.53. The molecule has 0 fully saturated rings. The number of hydrogen-bond acceptors (Lipinski definition) is 5. The summed E-state index contributed by atoms with van der Waals surface area (Å²) in [5, 5.41) is 21.4. The van der Waals surface area contributed by atoms with E-state index in [2.05, 4.69) is 96.5 Å². The van der Waals surface area contributed by atoms with Crippen LogP contribution in [0, 0.1) is 22.7 Å². The lowest BCUT2D eigenvalue weighted by Crippen LogP contribution is -2.30. The summed E-state index contributed by atoms with van der Waals surface area (Å²) >= 11 is 0. The van der Waals surface area contributed by atoms with Gasteiger partial charge in [-0.1, -0.05) is 74.5 Å². The highest BCUT2D eigenvalue weighted by Gasteiger charge is 2.38. The SMILES string of the molecule is CC1(C)c2ccccc2N(c2ccc3cccc4c3c2-c2nc(C#N)c(C#N)nc2-4)c2ccccc21. The van der Waals surface area contributed by atoms with Crippen molar-refractivity contribution in [1.82, 2.24) is 9.97 Å². The van der Waals surface area contributed by atoms with Crippen molar-refractivity contribution in [3.8, 4) is 34.7 Å². The minimum atomic E-state index is -0.167. The molecule has 0 saturated carbocycles. The van der Waals surface area contributed by atoms with Crippen LogP contribution in [-0.2, 0) is 5.41 Å². The Morgan fingerprint density at radius 1 is 0.667 bits per heavy atom. The van der Waals surface area contributed by atoms with Gasteiger partial charge < -0.3 is 4.90 Å². The van der Waals surface area contributed by atoms with Gasteiger partial charge in [0.05, 0.1) is 22.8 Å². The third kappa shape index (κ3) is 2.47. The van der Waals surface area contributed by atoms with Crippen LogP contribution < -0.4 is 4.90 Å². The lowest BCUT2D eigenvalue weighted by atomic mass is 9.73. The molecular formula is C31H19N5. The maximum Gasteiger partial charge on any atom is 0.177 e. The standard InChI is InChI=1S/C31H19N5/c1-31(2)20-10-3-5-12-24(20)36(25-13-6-4-11-21(25)31)26-15-14-18-8-7-9-19-27(18)28(26)30-29(19)34-22(16-32)23(17-33)35-30/h3-15H,1-2H3. The van der Waals surface area contributed by atoms with Crippen molar-refractivity contribution in [3.63, 3.8) is 0 Å². The van der Waals surface area contributed by atoms with Gasteiger partial charge in [-0.05, 0) is 34.7 Å². The first-order chi connectivity index (χ1) is 17.5. The van der Waals surface area contributed by atoms with E-state index < -0.39 is 0 Å². The first-order valence-electron chi connectivity index (χ1n) is 11.8. The summed E-state index contributed by atoms with van der Waals surface area (Å²) < 4.78 is 0. The monoisotopic (exact) mass is 461 g/mol. The summed E-state index contributed by atoms with van der Waals surface area (Å²) in [7, 11) is 0. The number of fused-ring (bicyclic) bond motifs is 5. The molecule has 0 unspecified atom stereocenters. The molecule has 0 saturated heterocycles. The molecular weight excluding hydrogens is 442 g/mol.